The Morgan fingerprint density at radius 1 is 0.966 bits per heavy atom. The van der Waals surface area contributed by atoms with Crippen LogP contribution in [-0.4, -0.2) is 24.3 Å². The van der Waals surface area contributed by atoms with Gasteiger partial charge in [-0.15, -0.1) is 0 Å². The van der Waals surface area contributed by atoms with Crippen LogP contribution in [0, 0.1) is 13.8 Å². The van der Waals surface area contributed by atoms with E-state index in [2.05, 4.69) is 32.1 Å². The van der Waals surface area contributed by atoms with Crippen molar-refractivity contribution in [2.24, 2.45) is 0 Å². The van der Waals surface area contributed by atoms with Gasteiger partial charge in [-0.05, 0) is 67.8 Å². The number of benzene rings is 2. The molecule has 29 heavy (non-hydrogen) atoms. The van der Waals surface area contributed by atoms with Gasteiger partial charge in [0, 0.05) is 22.1 Å². The molecule has 8 heteroatoms. The molecule has 0 spiro atoms. The highest BCUT2D eigenvalue weighted by atomic mass is 79.9. The number of halogens is 1. The largest absolute Gasteiger partial charge is 0.483 e. The molecule has 0 saturated heterocycles. The zero-order valence-corrected chi connectivity index (χ0v) is 18.2. The predicted octanol–water partition coefficient (Wildman–Crippen LogP) is 3.64. The molecule has 0 bridgehead atoms. The number of ether oxygens (including phenoxy) is 1. The van der Waals surface area contributed by atoms with Crippen molar-refractivity contribution in [3.05, 3.63) is 57.6 Å². The second-order valence-corrected chi connectivity index (χ2v) is 7.45. The van der Waals surface area contributed by atoms with E-state index in [1.54, 1.807) is 24.3 Å². The van der Waals surface area contributed by atoms with E-state index in [0.29, 0.717) is 23.4 Å². The summed E-state index contributed by atoms with van der Waals surface area (Å²) >= 11 is 3.41. The van der Waals surface area contributed by atoms with Crippen LogP contribution in [0.15, 0.2) is 40.9 Å². The van der Waals surface area contributed by atoms with E-state index in [9.17, 15) is 14.4 Å². The molecule has 0 saturated carbocycles. The second-order valence-electron chi connectivity index (χ2n) is 6.54. The Hall–Kier alpha value is -2.87. The monoisotopic (exact) mass is 461 g/mol. The molecule has 0 aliphatic heterocycles. The summed E-state index contributed by atoms with van der Waals surface area (Å²) in [5, 5.41) is 2.74. The highest BCUT2D eigenvalue weighted by molar-refractivity contribution is 9.10. The molecule has 0 fully saturated rings. The molecule has 154 valence electrons. The quantitative estimate of drug-likeness (QED) is 0.548. The van der Waals surface area contributed by atoms with Gasteiger partial charge in [-0.25, -0.2) is 0 Å². The third kappa shape index (κ3) is 6.90. The summed E-state index contributed by atoms with van der Waals surface area (Å²) in [6.45, 7) is 5.47. The van der Waals surface area contributed by atoms with E-state index in [1.165, 1.54) is 0 Å². The van der Waals surface area contributed by atoms with Crippen molar-refractivity contribution in [2.75, 3.05) is 11.9 Å². The van der Waals surface area contributed by atoms with Crippen LogP contribution in [0.25, 0.3) is 0 Å². The van der Waals surface area contributed by atoms with Crippen molar-refractivity contribution in [1.82, 2.24) is 10.9 Å². The molecule has 3 N–H and O–H groups in total. The van der Waals surface area contributed by atoms with Crippen molar-refractivity contribution in [3.8, 4) is 5.75 Å². The van der Waals surface area contributed by atoms with Gasteiger partial charge in [-0.2, -0.15) is 0 Å². The number of carbonyl (C=O) groups is 3. The fraction of sp³-hybridized carbons (Fsp3) is 0.286. The van der Waals surface area contributed by atoms with Gasteiger partial charge < -0.3 is 10.1 Å². The molecule has 0 radical (unpaired) electrons. The van der Waals surface area contributed by atoms with Crippen LogP contribution in [0.3, 0.4) is 0 Å². The van der Waals surface area contributed by atoms with Crippen LogP contribution in [0.5, 0.6) is 5.75 Å². The minimum atomic E-state index is -0.483. The first kappa shape index (κ1) is 22.4. The standard InChI is InChI=1S/C21H24BrN3O4/c1-4-5-18(26)23-17-8-6-15(7-9-17)21(28)25-24-19(27)12-29-20-13(2)10-16(22)11-14(20)3/h6-11H,4-5,12H2,1-3H3,(H,23,26)(H,24,27)(H,25,28). The maximum atomic E-state index is 12.1. The Bertz CT molecular complexity index is 874. The smallest absolute Gasteiger partial charge is 0.276 e. The number of amides is 3. The van der Waals surface area contributed by atoms with E-state index >= 15 is 0 Å². The van der Waals surface area contributed by atoms with Crippen molar-refractivity contribution in [2.45, 2.75) is 33.6 Å². The Morgan fingerprint density at radius 3 is 2.17 bits per heavy atom. The molecule has 0 aliphatic rings. The van der Waals surface area contributed by atoms with Gasteiger partial charge in [0.25, 0.3) is 11.8 Å². The lowest BCUT2D eigenvalue weighted by Crippen LogP contribution is -2.43. The molecule has 0 atom stereocenters. The van der Waals surface area contributed by atoms with E-state index in [4.69, 9.17) is 4.74 Å². The molecule has 0 aromatic heterocycles. The molecular formula is C21H24BrN3O4. The summed E-state index contributed by atoms with van der Waals surface area (Å²) in [5.41, 5.74) is 7.42. The number of hydrogen-bond donors (Lipinski definition) is 3. The predicted molar refractivity (Wildman–Crippen MR) is 115 cm³/mol. The Kier molecular flexibility index (Phi) is 8.21. The fourth-order valence-electron chi connectivity index (χ4n) is 2.65. The first-order valence-electron chi connectivity index (χ1n) is 9.18. The third-order valence-corrected chi connectivity index (χ3v) is 4.45. The number of carbonyl (C=O) groups excluding carboxylic acids is 3. The number of hydrazine groups is 1. The summed E-state index contributed by atoms with van der Waals surface area (Å²) in [6, 6.07) is 10.2. The zero-order valence-electron chi connectivity index (χ0n) is 16.6. The number of nitrogens with one attached hydrogen (secondary N) is 3. The van der Waals surface area contributed by atoms with Gasteiger partial charge >= 0.3 is 0 Å². The highest BCUT2D eigenvalue weighted by Gasteiger charge is 2.11. The minimum absolute atomic E-state index is 0.0757. The summed E-state index contributed by atoms with van der Waals surface area (Å²) in [7, 11) is 0. The van der Waals surface area contributed by atoms with Crippen LogP contribution >= 0.6 is 15.9 Å². The van der Waals surface area contributed by atoms with Gasteiger partial charge in [-0.3, -0.25) is 25.2 Å². The van der Waals surface area contributed by atoms with E-state index < -0.39 is 11.8 Å². The average Bonchev–Trinajstić information content (AvgIpc) is 2.66. The van der Waals surface area contributed by atoms with Gasteiger partial charge in [-0.1, -0.05) is 22.9 Å². The van der Waals surface area contributed by atoms with E-state index in [0.717, 1.165) is 22.0 Å². The van der Waals surface area contributed by atoms with Crippen LogP contribution < -0.4 is 20.9 Å². The van der Waals surface area contributed by atoms with Gasteiger partial charge in [0.2, 0.25) is 5.91 Å². The molecule has 0 aliphatic carbocycles. The second kappa shape index (κ2) is 10.6. The average molecular weight is 462 g/mol. The summed E-state index contributed by atoms with van der Waals surface area (Å²) in [6.07, 6.45) is 1.20. The van der Waals surface area contributed by atoms with Crippen LogP contribution in [0.4, 0.5) is 5.69 Å². The maximum Gasteiger partial charge on any atom is 0.276 e. The maximum absolute atomic E-state index is 12.1. The normalized spacial score (nSPS) is 10.2. The third-order valence-electron chi connectivity index (χ3n) is 4.00. The van der Waals surface area contributed by atoms with E-state index in [1.807, 2.05) is 32.9 Å². The van der Waals surface area contributed by atoms with Crippen molar-refractivity contribution >= 4 is 39.3 Å². The van der Waals surface area contributed by atoms with Crippen molar-refractivity contribution < 1.29 is 19.1 Å². The summed E-state index contributed by atoms with van der Waals surface area (Å²) < 4.78 is 6.51. The molecule has 2 rings (SSSR count). The first-order valence-corrected chi connectivity index (χ1v) is 9.98. The summed E-state index contributed by atoms with van der Waals surface area (Å²) in [5.74, 6) is -0.395. The minimum Gasteiger partial charge on any atom is -0.483 e. The van der Waals surface area contributed by atoms with Gasteiger partial charge in [0.15, 0.2) is 6.61 Å². The zero-order chi connectivity index (χ0) is 21.4. The van der Waals surface area contributed by atoms with Crippen molar-refractivity contribution in [3.63, 3.8) is 0 Å². The SMILES string of the molecule is CCCC(=O)Nc1ccc(C(=O)NNC(=O)COc2c(C)cc(Br)cc2C)cc1. The molecule has 0 heterocycles. The number of aryl methyl sites for hydroxylation is 2. The Morgan fingerprint density at radius 2 is 1.59 bits per heavy atom. The molecular weight excluding hydrogens is 438 g/mol. The van der Waals surface area contributed by atoms with Crippen LogP contribution in [-0.2, 0) is 9.59 Å². The summed E-state index contributed by atoms with van der Waals surface area (Å²) in [4.78, 5) is 35.7. The van der Waals surface area contributed by atoms with Gasteiger partial charge in [0.1, 0.15) is 5.75 Å². The highest BCUT2D eigenvalue weighted by Crippen LogP contribution is 2.27. The molecule has 2 aromatic rings. The van der Waals surface area contributed by atoms with Crippen molar-refractivity contribution in [1.29, 1.82) is 0 Å². The van der Waals surface area contributed by atoms with Crippen LogP contribution in [0.1, 0.15) is 41.3 Å². The Labute approximate surface area is 178 Å². The fourth-order valence-corrected chi connectivity index (χ4v) is 3.34. The lowest BCUT2D eigenvalue weighted by molar-refractivity contribution is -0.123. The Balaban J connectivity index is 1.82. The molecule has 0 unspecified atom stereocenters. The topological polar surface area (TPSA) is 96.5 Å². The lowest BCUT2D eigenvalue weighted by Gasteiger charge is -2.13. The first-order chi connectivity index (χ1) is 13.8. The molecule has 7 nitrogen and oxygen atoms in total. The number of rotatable bonds is 7. The van der Waals surface area contributed by atoms with Crippen LogP contribution in [0.2, 0.25) is 0 Å². The number of hydrogen-bond acceptors (Lipinski definition) is 4. The van der Waals surface area contributed by atoms with Gasteiger partial charge in [0.05, 0.1) is 0 Å². The molecule has 2 aromatic carbocycles. The molecule has 3 amide bonds. The number of anilines is 1. The van der Waals surface area contributed by atoms with E-state index in [-0.39, 0.29) is 12.5 Å². The lowest BCUT2D eigenvalue weighted by atomic mass is 10.1.